The molecule has 0 rings (SSSR count). The van der Waals surface area contributed by atoms with Crippen LogP contribution in [0.3, 0.4) is 0 Å². The van der Waals surface area contributed by atoms with E-state index >= 15 is 0 Å². The molecule has 0 aliphatic rings. The Labute approximate surface area is 137 Å². The first-order valence-corrected chi connectivity index (χ1v) is 9.35. The van der Waals surface area contributed by atoms with Crippen LogP contribution in [0.4, 0.5) is 0 Å². The lowest BCUT2D eigenvalue weighted by Crippen LogP contribution is -2.36. The van der Waals surface area contributed by atoms with E-state index in [1.165, 1.54) is 70.6 Å². The van der Waals surface area contributed by atoms with Crippen molar-refractivity contribution in [2.45, 2.75) is 96.4 Å². The standard InChI is InChI=1S/C18H38N2O2/c1-2-3-4-5-6-7-8-9-10-11-12-13-14-17(19)15-20-16-18(21)22/h17,20H,2-16,19H2,1H3,(H,21,22). The fourth-order valence-corrected chi connectivity index (χ4v) is 2.71. The minimum atomic E-state index is -0.822. The first-order valence-electron chi connectivity index (χ1n) is 9.35. The number of nitrogens with two attached hydrogens (primary N) is 1. The molecule has 0 aliphatic heterocycles. The van der Waals surface area contributed by atoms with Gasteiger partial charge in [0, 0.05) is 12.6 Å². The first kappa shape index (κ1) is 21.4. The van der Waals surface area contributed by atoms with Gasteiger partial charge in [-0.15, -0.1) is 0 Å². The van der Waals surface area contributed by atoms with Crippen LogP contribution in [0.1, 0.15) is 90.4 Å². The van der Waals surface area contributed by atoms with Crippen LogP contribution in [0.15, 0.2) is 0 Å². The summed E-state index contributed by atoms with van der Waals surface area (Å²) in [6.07, 6.45) is 17.2. The number of hydrogen-bond donors (Lipinski definition) is 3. The Morgan fingerprint density at radius 3 is 1.82 bits per heavy atom. The first-order chi connectivity index (χ1) is 10.7. The van der Waals surface area contributed by atoms with Gasteiger partial charge in [-0.05, 0) is 6.42 Å². The van der Waals surface area contributed by atoms with E-state index < -0.39 is 5.97 Å². The van der Waals surface area contributed by atoms with Crippen molar-refractivity contribution in [3.8, 4) is 0 Å². The molecule has 0 heterocycles. The van der Waals surface area contributed by atoms with E-state index in [2.05, 4.69) is 12.2 Å². The predicted octanol–water partition coefficient (Wildman–Crippen LogP) is 4.08. The maximum Gasteiger partial charge on any atom is 0.317 e. The van der Waals surface area contributed by atoms with Gasteiger partial charge in [-0.3, -0.25) is 4.79 Å². The Hall–Kier alpha value is -0.610. The number of hydrogen-bond acceptors (Lipinski definition) is 3. The lowest BCUT2D eigenvalue weighted by Gasteiger charge is -2.11. The molecule has 0 saturated carbocycles. The quantitative estimate of drug-likeness (QED) is 0.354. The predicted molar refractivity (Wildman–Crippen MR) is 94.2 cm³/mol. The van der Waals surface area contributed by atoms with Gasteiger partial charge >= 0.3 is 5.97 Å². The molecule has 4 nitrogen and oxygen atoms in total. The van der Waals surface area contributed by atoms with E-state index in [9.17, 15) is 4.79 Å². The van der Waals surface area contributed by atoms with E-state index in [4.69, 9.17) is 10.8 Å². The van der Waals surface area contributed by atoms with Crippen LogP contribution in [0.2, 0.25) is 0 Å². The molecule has 0 aromatic heterocycles. The van der Waals surface area contributed by atoms with E-state index in [0.29, 0.717) is 6.54 Å². The summed E-state index contributed by atoms with van der Waals surface area (Å²) in [5.41, 5.74) is 5.93. The molecule has 0 aromatic rings. The summed E-state index contributed by atoms with van der Waals surface area (Å²) in [4.78, 5) is 10.4. The molecule has 4 N–H and O–H groups in total. The number of rotatable bonds is 17. The van der Waals surface area contributed by atoms with Gasteiger partial charge in [-0.2, -0.15) is 0 Å². The Morgan fingerprint density at radius 1 is 0.909 bits per heavy atom. The normalized spacial score (nSPS) is 12.5. The largest absolute Gasteiger partial charge is 0.480 e. The Kier molecular flexibility index (Phi) is 16.3. The molecule has 0 amide bonds. The van der Waals surface area contributed by atoms with Crippen LogP contribution in [-0.2, 0) is 4.79 Å². The van der Waals surface area contributed by atoms with E-state index in [1.54, 1.807) is 0 Å². The Balaban J connectivity index is 3.11. The van der Waals surface area contributed by atoms with Crippen LogP contribution in [0, 0.1) is 0 Å². The van der Waals surface area contributed by atoms with E-state index in [0.717, 1.165) is 12.8 Å². The van der Waals surface area contributed by atoms with Crippen molar-refractivity contribution in [2.75, 3.05) is 13.1 Å². The topological polar surface area (TPSA) is 75.3 Å². The number of carbonyl (C=O) groups is 1. The third kappa shape index (κ3) is 17.4. The molecule has 22 heavy (non-hydrogen) atoms. The van der Waals surface area contributed by atoms with Crippen LogP contribution in [0.25, 0.3) is 0 Å². The zero-order valence-electron chi connectivity index (χ0n) is 14.6. The van der Waals surface area contributed by atoms with Gasteiger partial charge in [0.1, 0.15) is 0 Å². The van der Waals surface area contributed by atoms with E-state index in [-0.39, 0.29) is 12.6 Å². The van der Waals surface area contributed by atoms with Gasteiger partial charge in [-0.1, -0.05) is 84.0 Å². The zero-order valence-corrected chi connectivity index (χ0v) is 14.6. The zero-order chi connectivity index (χ0) is 16.5. The van der Waals surface area contributed by atoms with Crippen molar-refractivity contribution in [1.82, 2.24) is 5.32 Å². The van der Waals surface area contributed by atoms with Gasteiger partial charge in [0.15, 0.2) is 0 Å². The molecule has 132 valence electrons. The summed E-state index contributed by atoms with van der Waals surface area (Å²) >= 11 is 0. The van der Waals surface area contributed by atoms with Crippen LogP contribution >= 0.6 is 0 Å². The monoisotopic (exact) mass is 314 g/mol. The molecule has 0 radical (unpaired) electrons. The number of aliphatic carboxylic acids is 1. The molecular formula is C18H38N2O2. The lowest BCUT2D eigenvalue weighted by molar-refractivity contribution is -0.135. The third-order valence-corrected chi connectivity index (χ3v) is 4.11. The van der Waals surface area contributed by atoms with Crippen molar-refractivity contribution in [3.05, 3.63) is 0 Å². The molecule has 0 aromatic carbocycles. The van der Waals surface area contributed by atoms with Crippen molar-refractivity contribution in [1.29, 1.82) is 0 Å². The highest BCUT2D eigenvalue weighted by atomic mass is 16.4. The minimum absolute atomic E-state index is 0.00610. The highest BCUT2D eigenvalue weighted by Gasteiger charge is 2.03. The van der Waals surface area contributed by atoms with Crippen LogP contribution in [0.5, 0.6) is 0 Å². The third-order valence-electron chi connectivity index (χ3n) is 4.11. The molecular weight excluding hydrogens is 276 g/mol. The molecule has 1 atom stereocenters. The summed E-state index contributed by atoms with van der Waals surface area (Å²) in [5, 5.41) is 11.4. The number of carboxylic acids is 1. The molecule has 0 fully saturated rings. The van der Waals surface area contributed by atoms with Crippen molar-refractivity contribution in [3.63, 3.8) is 0 Å². The summed E-state index contributed by atoms with van der Waals surface area (Å²) in [6, 6.07) is 0.0856. The van der Waals surface area contributed by atoms with Crippen LogP contribution < -0.4 is 11.1 Å². The number of carboxylic acid groups (broad SMARTS) is 1. The summed E-state index contributed by atoms with van der Waals surface area (Å²) in [6.45, 7) is 2.87. The van der Waals surface area contributed by atoms with Gasteiger partial charge < -0.3 is 16.2 Å². The maximum absolute atomic E-state index is 10.4. The van der Waals surface area contributed by atoms with Crippen LogP contribution in [-0.4, -0.2) is 30.2 Å². The molecule has 0 aliphatic carbocycles. The van der Waals surface area contributed by atoms with Crippen molar-refractivity contribution < 1.29 is 9.90 Å². The molecule has 0 saturated heterocycles. The van der Waals surface area contributed by atoms with Crippen molar-refractivity contribution in [2.24, 2.45) is 5.73 Å². The van der Waals surface area contributed by atoms with Gasteiger partial charge in [-0.25, -0.2) is 0 Å². The highest BCUT2D eigenvalue weighted by molar-refractivity contribution is 5.68. The molecule has 0 spiro atoms. The van der Waals surface area contributed by atoms with Gasteiger partial charge in [0.2, 0.25) is 0 Å². The second-order valence-electron chi connectivity index (χ2n) is 6.46. The summed E-state index contributed by atoms with van der Waals surface area (Å²) in [7, 11) is 0. The lowest BCUT2D eigenvalue weighted by atomic mass is 10.0. The second-order valence-corrected chi connectivity index (χ2v) is 6.46. The highest BCUT2D eigenvalue weighted by Crippen LogP contribution is 2.12. The average Bonchev–Trinajstić information content (AvgIpc) is 2.48. The van der Waals surface area contributed by atoms with Gasteiger partial charge in [0.25, 0.3) is 0 Å². The number of unbranched alkanes of at least 4 members (excludes halogenated alkanes) is 11. The number of nitrogens with one attached hydrogen (secondary N) is 1. The maximum atomic E-state index is 10.4. The van der Waals surface area contributed by atoms with Crippen molar-refractivity contribution >= 4 is 5.97 Å². The van der Waals surface area contributed by atoms with E-state index in [1.807, 2.05) is 0 Å². The Morgan fingerprint density at radius 2 is 1.36 bits per heavy atom. The van der Waals surface area contributed by atoms with Gasteiger partial charge in [0.05, 0.1) is 6.54 Å². The average molecular weight is 315 g/mol. The second kappa shape index (κ2) is 16.8. The SMILES string of the molecule is CCCCCCCCCCCCCCC(N)CNCC(=O)O. The fourth-order valence-electron chi connectivity index (χ4n) is 2.71. The summed E-state index contributed by atoms with van der Waals surface area (Å²) in [5.74, 6) is -0.822. The smallest absolute Gasteiger partial charge is 0.317 e. The summed E-state index contributed by atoms with van der Waals surface area (Å²) < 4.78 is 0. The molecule has 4 heteroatoms. The molecule has 0 bridgehead atoms. The fraction of sp³-hybridized carbons (Fsp3) is 0.944. The minimum Gasteiger partial charge on any atom is -0.480 e. The Bertz CT molecular complexity index is 247. The molecule has 1 unspecified atom stereocenters.